The van der Waals surface area contributed by atoms with Crippen LogP contribution < -0.4 is 5.32 Å². The van der Waals surface area contributed by atoms with Crippen molar-refractivity contribution in [2.45, 2.75) is 26.3 Å². The summed E-state index contributed by atoms with van der Waals surface area (Å²) in [6.07, 6.45) is -1.56. The molecular formula is C4H10NO2. The molecule has 7 heavy (non-hydrogen) atoms. The molecule has 0 saturated carbocycles. The van der Waals surface area contributed by atoms with Crippen LogP contribution in [-0.4, -0.2) is 17.6 Å². The fourth-order valence-corrected chi connectivity index (χ4v) is 0.340. The molecule has 0 aromatic heterocycles. The van der Waals surface area contributed by atoms with Gasteiger partial charge in [0, 0.05) is 0 Å². The predicted octanol–water partition coefficient (Wildman–Crippen LogP) is -0.309. The molecule has 43 valence electrons. The lowest BCUT2D eigenvalue weighted by molar-refractivity contribution is 0.0185. The highest BCUT2D eigenvalue weighted by molar-refractivity contribution is 4.42. The third-order valence-electron chi connectivity index (χ3n) is 0.476. The van der Waals surface area contributed by atoms with E-state index in [-0.39, 0.29) is 0 Å². The van der Waals surface area contributed by atoms with Gasteiger partial charge >= 0.3 is 0 Å². The Labute approximate surface area is 43.0 Å². The first-order chi connectivity index (χ1) is 3.13. The molecule has 0 aliphatic carbocycles. The molecule has 0 amide bonds. The average Bonchev–Trinajstić information content (AvgIpc) is 1.27. The molecule has 0 aliphatic rings. The normalized spacial score (nSPS) is 18.9. The van der Waals surface area contributed by atoms with E-state index in [2.05, 4.69) is 5.32 Å². The Kier molecular flexibility index (Phi) is 2.91. The summed E-state index contributed by atoms with van der Waals surface area (Å²) in [6.45, 7) is 2.95. The Morgan fingerprint density at radius 1 is 1.57 bits per heavy atom. The summed E-state index contributed by atoms with van der Waals surface area (Å²) in [7, 11) is 0. The van der Waals surface area contributed by atoms with Gasteiger partial charge in [-0.05, 0) is 13.8 Å². The van der Waals surface area contributed by atoms with Crippen molar-refractivity contribution in [1.29, 1.82) is 0 Å². The van der Waals surface area contributed by atoms with Gasteiger partial charge in [0.2, 0.25) is 0 Å². The SMILES string of the molecule is CC([O])NC(C)O. The molecule has 1 radical (unpaired) electrons. The molecule has 3 heteroatoms. The zero-order valence-corrected chi connectivity index (χ0v) is 4.51. The molecule has 0 aliphatic heterocycles. The van der Waals surface area contributed by atoms with Gasteiger partial charge in [0.15, 0.2) is 0 Å². The highest BCUT2D eigenvalue weighted by atomic mass is 16.3. The number of hydrogen-bond donors (Lipinski definition) is 2. The van der Waals surface area contributed by atoms with Crippen LogP contribution in [0.2, 0.25) is 0 Å². The van der Waals surface area contributed by atoms with Gasteiger partial charge in [0.1, 0.15) is 12.5 Å². The predicted molar refractivity (Wildman–Crippen MR) is 25.0 cm³/mol. The third-order valence-corrected chi connectivity index (χ3v) is 0.476. The maximum Gasteiger partial charge on any atom is 0.142 e. The highest BCUT2D eigenvalue weighted by Gasteiger charge is 1.97. The highest BCUT2D eigenvalue weighted by Crippen LogP contribution is 1.75. The molecule has 2 N–H and O–H groups in total. The quantitative estimate of drug-likeness (QED) is 0.472. The van der Waals surface area contributed by atoms with Crippen molar-refractivity contribution in [1.82, 2.24) is 5.32 Å². The number of aliphatic hydroxyl groups is 1. The summed E-state index contributed by atoms with van der Waals surface area (Å²) in [4.78, 5) is 0. The van der Waals surface area contributed by atoms with Gasteiger partial charge in [-0.15, -0.1) is 0 Å². The van der Waals surface area contributed by atoms with Crippen molar-refractivity contribution in [3.63, 3.8) is 0 Å². The van der Waals surface area contributed by atoms with Crippen LogP contribution in [0.15, 0.2) is 0 Å². The van der Waals surface area contributed by atoms with Crippen molar-refractivity contribution in [3.05, 3.63) is 0 Å². The molecule has 2 unspecified atom stereocenters. The van der Waals surface area contributed by atoms with E-state index in [0.29, 0.717) is 0 Å². The Balaban J connectivity index is 2.95. The summed E-state index contributed by atoms with van der Waals surface area (Å²) >= 11 is 0. The molecule has 0 spiro atoms. The molecule has 0 heterocycles. The molecule has 3 nitrogen and oxygen atoms in total. The fraction of sp³-hybridized carbons (Fsp3) is 1.00. The largest absolute Gasteiger partial charge is 0.379 e. The second-order valence-electron chi connectivity index (χ2n) is 1.48. The van der Waals surface area contributed by atoms with Gasteiger partial charge in [0.05, 0.1) is 0 Å². The second-order valence-corrected chi connectivity index (χ2v) is 1.48. The van der Waals surface area contributed by atoms with Crippen LogP contribution in [0.5, 0.6) is 0 Å². The Bertz CT molecular complexity index is 39.0. The molecule has 0 rings (SSSR count). The van der Waals surface area contributed by atoms with Gasteiger partial charge < -0.3 is 5.11 Å². The van der Waals surface area contributed by atoms with Crippen molar-refractivity contribution < 1.29 is 10.2 Å². The van der Waals surface area contributed by atoms with E-state index < -0.39 is 12.5 Å². The van der Waals surface area contributed by atoms with Gasteiger partial charge in [-0.2, -0.15) is 0 Å². The summed E-state index contributed by atoms with van der Waals surface area (Å²) in [5.41, 5.74) is 0. The average molecular weight is 104 g/mol. The van der Waals surface area contributed by atoms with Crippen LogP contribution in [0.3, 0.4) is 0 Å². The van der Waals surface area contributed by atoms with E-state index in [9.17, 15) is 5.11 Å². The van der Waals surface area contributed by atoms with Crippen LogP contribution in [0.25, 0.3) is 0 Å². The van der Waals surface area contributed by atoms with Crippen molar-refractivity contribution in [2.75, 3.05) is 0 Å². The smallest absolute Gasteiger partial charge is 0.142 e. The molecule has 0 fully saturated rings. The Morgan fingerprint density at radius 2 is 2.00 bits per heavy atom. The monoisotopic (exact) mass is 104 g/mol. The van der Waals surface area contributed by atoms with Crippen LogP contribution in [0.4, 0.5) is 0 Å². The Hall–Kier alpha value is -0.120. The fourth-order valence-electron chi connectivity index (χ4n) is 0.340. The summed E-state index contributed by atoms with van der Waals surface area (Å²) in [5, 5.41) is 20.8. The molecule has 2 atom stereocenters. The molecule has 0 saturated heterocycles. The topological polar surface area (TPSA) is 52.2 Å². The van der Waals surface area contributed by atoms with Crippen molar-refractivity contribution >= 4 is 0 Å². The molecule has 0 bridgehead atoms. The number of aliphatic hydroxyl groups excluding tert-OH is 1. The van der Waals surface area contributed by atoms with E-state index in [1.165, 1.54) is 13.8 Å². The van der Waals surface area contributed by atoms with Crippen LogP contribution in [0.1, 0.15) is 13.8 Å². The Morgan fingerprint density at radius 3 is 2.00 bits per heavy atom. The maximum atomic E-state index is 10.1. The molecule has 0 aromatic carbocycles. The first-order valence-corrected chi connectivity index (χ1v) is 2.23. The van der Waals surface area contributed by atoms with E-state index in [1.54, 1.807) is 0 Å². The zero-order chi connectivity index (χ0) is 5.86. The summed E-state index contributed by atoms with van der Waals surface area (Å²) in [5.74, 6) is 0. The van der Waals surface area contributed by atoms with Crippen molar-refractivity contribution in [3.8, 4) is 0 Å². The molecule has 0 aromatic rings. The molecular weight excluding hydrogens is 94.0 g/mol. The number of rotatable bonds is 2. The van der Waals surface area contributed by atoms with Crippen molar-refractivity contribution in [2.24, 2.45) is 0 Å². The lowest BCUT2D eigenvalue weighted by atomic mass is 10.6. The first-order valence-electron chi connectivity index (χ1n) is 2.23. The number of hydrogen-bond acceptors (Lipinski definition) is 2. The van der Waals surface area contributed by atoms with Gasteiger partial charge in [-0.3, -0.25) is 5.32 Å². The van der Waals surface area contributed by atoms with Crippen LogP contribution in [-0.2, 0) is 5.11 Å². The lowest BCUT2D eigenvalue weighted by Crippen LogP contribution is -2.32. The number of nitrogens with one attached hydrogen (secondary N) is 1. The minimum absolute atomic E-state index is 0.688. The standard InChI is InChI=1S/C4H10NO2/c1-3(6)5-4(2)7/h3-6H,1-2H3. The summed E-state index contributed by atoms with van der Waals surface area (Å²) in [6, 6.07) is 0. The minimum atomic E-state index is -0.875. The van der Waals surface area contributed by atoms with E-state index in [4.69, 9.17) is 5.11 Å². The van der Waals surface area contributed by atoms with Gasteiger partial charge in [-0.1, -0.05) is 0 Å². The van der Waals surface area contributed by atoms with Gasteiger partial charge in [0.25, 0.3) is 0 Å². The minimum Gasteiger partial charge on any atom is -0.379 e. The third kappa shape index (κ3) is 5.88. The van der Waals surface area contributed by atoms with Gasteiger partial charge in [-0.25, -0.2) is 5.11 Å². The summed E-state index contributed by atoms with van der Waals surface area (Å²) < 4.78 is 0. The zero-order valence-electron chi connectivity index (χ0n) is 4.51. The second kappa shape index (κ2) is 2.96. The van der Waals surface area contributed by atoms with E-state index >= 15 is 0 Å². The van der Waals surface area contributed by atoms with E-state index in [1.807, 2.05) is 0 Å². The van der Waals surface area contributed by atoms with Crippen LogP contribution >= 0.6 is 0 Å². The lowest BCUT2D eigenvalue weighted by Gasteiger charge is -2.06. The first kappa shape index (κ1) is 6.88. The van der Waals surface area contributed by atoms with E-state index in [0.717, 1.165) is 0 Å². The van der Waals surface area contributed by atoms with Crippen LogP contribution in [0, 0.1) is 0 Å². The maximum absolute atomic E-state index is 10.1.